The Morgan fingerprint density at radius 1 is 1.24 bits per heavy atom. The van der Waals surface area contributed by atoms with Crippen molar-refractivity contribution >= 4 is 29.3 Å². The third kappa shape index (κ3) is 5.75. The van der Waals surface area contributed by atoms with Crippen LogP contribution in [0.2, 0.25) is 0 Å². The summed E-state index contributed by atoms with van der Waals surface area (Å²) in [4.78, 5) is 16.2. The highest BCUT2D eigenvalue weighted by Crippen LogP contribution is 2.16. The number of thioether (sulfide) groups is 1. The van der Waals surface area contributed by atoms with Gasteiger partial charge >= 0.3 is 0 Å². The van der Waals surface area contributed by atoms with Crippen molar-refractivity contribution in [1.82, 2.24) is 25.2 Å². The van der Waals surface area contributed by atoms with Gasteiger partial charge in [0.2, 0.25) is 11.1 Å². The van der Waals surface area contributed by atoms with E-state index in [2.05, 4.69) is 31.0 Å². The van der Waals surface area contributed by atoms with Gasteiger partial charge in [-0.3, -0.25) is 9.78 Å². The number of hydrogen-bond donors (Lipinski definition) is 3. The number of anilines is 1. The summed E-state index contributed by atoms with van der Waals surface area (Å²) in [6.07, 6.45) is 1.68. The van der Waals surface area contributed by atoms with Crippen molar-refractivity contribution in [1.29, 1.82) is 0 Å². The molecule has 3 rings (SSSR count). The van der Waals surface area contributed by atoms with E-state index in [9.17, 15) is 9.18 Å². The molecule has 11 heteroatoms. The molecule has 0 radical (unpaired) electrons. The average molecular weight is 414 g/mol. The Morgan fingerprint density at radius 2 is 2.03 bits per heavy atom. The molecule has 2 aromatic heterocycles. The molecule has 2 heterocycles. The highest BCUT2D eigenvalue weighted by atomic mass is 32.2. The van der Waals surface area contributed by atoms with Crippen LogP contribution in [0.3, 0.4) is 0 Å². The predicted octanol–water partition coefficient (Wildman–Crippen LogP) is 1.77. The number of nitrogens with one attached hydrogen (secondary N) is 2. The lowest BCUT2D eigenvalue weighted by molar-refractivity contribution is -0.118. The fourth-order valence-electron chi connectivity index (χ4n) is 2.20. The first-order valence-electron chi connectivity index (χ1n) is 8.59. The molecule has 1 amide bonds. The summed E-state index contributed by atoms with van der Waals surface area (Å²) >= 11 is 1.14. The summed E-state index contributed by atoms with van der Waals surface area (Å²) in [5, 5.41) is 15.2. The Labute approximate surface area is 170 Å². The summed E-state index contributed by atoms with van der Waals surface area (Å²) in [5.41, 5.74) is 4.92. The van der Waals surface area contributed by atoms with Crippen LogP contribution in [-0.4, -0.2) is 37.2 Å². The normalized spacial score (nSPS) is 11.3. The Hall–Kier alpha value is -3.47. The van der Waals surface area contributed by atoms with E-state index in [1.807, 2.05) is 18.2 Å². The Morgan fingerprint density at radius 3 is 2.76 bits per heavy atom. The first kappa shape index (κ1) is 20.3. The van der Waals surface area contributed by atoms with E-state index < -0.39 is 0 Å². The number of benzene rings is 1. The molecule has 0 atom stereocenters. The zero-order valence-corrected chi connectivity index (χ0v) is 16.4. The van der Waals surface area contributed by atoms with E-state index in [1.54, 1.807) is 25.3 Å². The molecule has 0 spiro atoms. The van der Waals surface area contributed by atoms with Crippen LogP contribution in [0.25, 0.3) is 0 Å². The third-order valence-electron chi connectivity index (χ3n) is 3.76. The maximum atomic E-state index is 12.9. The summed E-state index contributed by atoms with van der Waals surface area (Å²) in [7, 11) is 0. The fraction of sp³-hybridized carbons (Fsp3) is 0.167. The number of hydrogen-bond acceptors (Lipinski definition) is 8. The highest BCUT2D eigenvalue weighted by Gasteiger charge is 2.12. The van der Waals surface area contributed by atoms with E-state index in [1.165, 1.54) is 16.8 Å². The summed E-state index contributed by atoms with van der Waals surface area (Å²) in [6, 6.07) is 11.4. The molecule has 0 saturated heterocycles. The van der Waals surface area contributed by atoms with Crippen LogP contribution in [0.15, 0.2) is 58.9 Å². The minimum atomic E-state index is -0.318. The molecule has 0 aliphatic heterocycles. The zero-order valence-electron chi connectivity index (χ0n) is 15.5. The third-order valence-corrected chi connectivity index (χ3v) is 4.70. The molecule has 1 aromatic carbocycles. The van der Waals surface area contributed by atoms with Crippen LogP contribution in [-0.2, 0) is 11.3 Å². The number of carbonyl (C=O) groups is 1. The van der Waals surface area contributed by atoms with Gasteiger partial charge in [-0.05, 0) is 36.8 Å². The molecule has 9 nitrogen and oxygen atoms in total. The predicted molar refractivity (Wildman–Crippen MR) is 109 cm³/mol. The Bertz CT molecular complexity index is 991. The number of pyridine rings is 1. The summed E-state index contributed by atoms with van der Waals surface area (Å²) in [6.45, 7) is 2.11. The number of halogens is 1. The topological polar surface area (TPSA) is 123 Å². The smallest absolute Gasteiger partial charge is 0.264 e. The standard InChI is InChI=1S/C18H19FN8OS/c1-12(15-4-2-3-9-21-15)23-24-17-25-26-18(27(17)20)29-11-16(28)22-10-13-5-7-14(19)8-6-13/h2-9H,10-11,20H2,1H3,(H,22,28)(H,24,25)/b23-12+. The lowest BCUT2D eigenvalue weighted by Crippen LogP contribution is -2.25. The molecule has 0 saturated carbocycles. The van der Waals surface area contributed by atoms with Crippen LogP contribution in [0.4, 0.5) is 10.3 Å². The van der Waals surface area contributed by atoms with Crippen molar-refractivity contribution < 1.29 is 9.18 Å². The van der Waals surface area contributed by atoms with Gasteiger partial charge in [-0.1, -0.05) is 30.0 Å². The maximum Gasteiger partial charge on any atom is 0.264 e. The second kappa shape index (κ2) is 9.64. The van der Waals surface area contributed by atoms with Gasteiger partial charge in [0.15, 0.2) is 0 Å². The van der Waals surface area contributed by atoms with Gasteiger partial charge in [-0.15, -0.1) is 10.2 Å². The monoisotopic (exact) mass is 414 g/mol. The van der Waals surface area contributed by atoms with Gasteiger partial charge in [0.1, 0.15) is 5.82 Å². The van der Waals surface area contributed by atoms with E-state index in [0.717, 1.165) is 23.0 Å². The second-order valence-electron chi connectivity index (χ2n) is 5.89. The first-order chi connectivity index (χ1) is 14.0. The number of carbonyl (C=O) groups excluding carboxylic acids is 1. The molecule has 4 N–H and O–H groups in total. The zero-order chi connectivity index (χ0) is 20.6. The van der Waals surface area contributed by atoms with Crippen molar-refractivity contribution in [3.05, 3.63) is 65.7 Å². The average Bonchev–Trinajstić information content (AvgIpc) is 3.10. The molecule has 0 unspecified atom stereocenters. The number of aromatic nitrogens is 4. The Balaban J connectivity index is 1.50. The van der Waals surface area contributed by atoms with Crippen LogP contribution in [0.1, 0.15) is 18.2 Å². The molecule has 3 aromatic rings. The molecular weight excluding hydrogens is 395 g/mol. The van der Waals surface area contributed by atoms with Crippen molar-refractivity contribution in [2.45, 2.75) is 18.6 Å². The molecule has 0 fully saturated rings. The van der Waals surface area contributed by atoms with E-state index in [-0.39, 0.29) is 23.4 Å². The van der Waals surface area contributed by atoms with Gasteiger partial charge in [0.25, 0.3) is 5.95 Å². The molecule has 0 aliphatic rings. The van der Waals surface area contributed by atoms with Crippen molar-refractivity contribution in [2.24, 2.45) is 5.10 Å². The number of rotatable bonds is 8. The number of nitrogens with zero attached hydrogens (tertiary/aromatic N) is 5. The van der Waals surface area contributed by atoms with Gasteiger partial charge < -0.3 is 11.2 Å². The SMILES string of the molecule is C/C(=N\Nc1nnc(SCC(=O)NCc2ccc(F)cc2)n1N)c1ccccn1. The highest BCUT2D eigenvalue weighted by molar-refractivity contribution is 7.99. The quantitative estimate of drug-likeness (QED) is 0.222. The number of nitrogen functional groups attached to an aromatic ring is 1. The lowest BCUT2D eigenvalue weighted by Gasteiger charge is -2.06. The first-order valence-corrected chi connectivity index (χ1v) is 9.57. The molecular formula is C18H19FN8OS. The summed E-state index contributed by atoms with van der Waals surface area (Å²) < 4.78 is 14.1. The van der Waals surface area contributed by atoms with Crippen molar-refractivity contribution in [3.8, 4) is 0 Å². The van der Waals surface area contributed by atoms with Gasteiger partial charge in [0.05, 0.1) is 17.2 Å². The van der Waals surface area contributed by atoms with Crippen LogP contribution >= 0.6 is 11.8 Å². The maximum absolute atomic E-state index is 12.9. The van der Waals surface area contributed by atoms with Gasteiger partial charge in [-0.25, -0.2) is 14.5 Å². The minimum Gasteiger partial charge on any atom is -0.351 e. The van der Waals surface area contributed by atoms with Crippen LogP contribution in [0, 0.1) is 5.82 Å². The lowest BCUT2D eigenvalue weighted by atomic mass is 10.2. The van der Waals surface area contributed by atoms with E-state index >= 15 is 0 Å². The number of nitrogens with two attached hydrogens (primary N) is 1. The number of hydrazone groups is 1. The van der Waals surface area contributed by atoms with Crippen LogP contribution in [0.5, 0.6) is 0 Å². The summed E-state index contributed by atoms with van der Waals surface area (Å²) in [5.74, 6) is 5.76. The van der Waals surface area contributed by atoms with Crippen molar-refractivity contribution in [2.75, 3.05) is 17.0 Å². The minimum absolute atomic E-state index is 0.104. The molecule has 0 aliphatic carbocycles. The van der Waals surface area contributed by atoms with E-state index in [0.29, 0.717) is 17.4 Å². The molecule has 29 heavy (non-hydrogen) atoms. The van der Waals surface area contributed by atoms with Gasteiger partial charge in [-0.2, -0.15) is 5.10 Å². The molecule has 150 valence electrons. The Kier molecular flexibility index (Phi) is 6.74. The largest absolute Gasteiger partial charge is 0.351 e. The number of amides is 1. The van der Waals surface area contributed by atoms with Gasteiger partial charge in [0, 0.05) is 12.7 Å². The van der Waals surface area contributed by atoms with Crippen LogP contribution < -0.4 is 16.6 Å². The van der Waals surface area contributed by atoms with E-state index in [4.69, 9.17) is 5.84 Å². The van der Waals surface area contributed by atoms with Crippen molar-refractivity contribution in [3.63, 3.8) is 0 Å². The second-order valence-corrected chi connectivity index (χ2v) is 6.83. The fourth-order valence-corrected chi connectivity index (χ4v) is 2.89. The molecule has 0 bridgehead atoms.